The Morgan fingerprint density at radius 3 is 2.50 bits per heavy atom. The van der Waals surface area contributed by atoms with Gasteiger partial charge in [-0.25, -0.2) is 0 Å². The van der Waals surface area contributed by atoms with Crippen molar-refractivity contribution in [2.75, 3.05) is 33.9 Å². The highest BCUT2D eigenvalue weighted by Gasteiger charge is 2.24. The number of methoxy groups -OCH3 is 2. The first-order valence-electron chi connectivity index (χ1n) is 6.81. The van der Waals surface area contributed by atoms with Gasteiger partial charge in [-0.3, -0.25) is 4.79 Å². The first-order chi connectivity index (χ1) is 9.67. The number of hydrogen-bond acceptors (Lipinski definition) is 4. The Morgan fingerprint density at radius 1 is 1.30 bits per heavy atom. The summed E-state index contributed by atoms with van der Waals surface area (Å²) in [5.41, 5.74) is 0.581. The molecule has 1 amide bonds. The van der Waals surface area contributed by atoms with Gasteiger partial charge < -0.3 is 19.1 Å². The summed E-state index contributed by atoms with van der Waals surface area (Å²) in [6, 6.07) is 5.23. The third kappa shape index (κ3) is 3.22. The van der Waals surface area contributed by atoms with Crippen LogP contribution in [0.3, 0.4) is 0 Å². The summed E-state index contributed by atoms with van der Waals surface area (Å²) in [6.45, 7) is 3.91. The van der Waals surface area contributed by atoms with Crippen molar-refractivity contribution in [3.63, 3.8) is 0 Å². The van der Waals surface area contributed by atoms with Crippen molar-refractivity contribution in [2.45, 2.75) is 19.4 Å². The van der Waals surface area contributed by atoms with Gasteiger partial charge in [-0.2, -0.15) is 0 Å². The van der Waals surface area contributed by atoms with E-state index in [9.17, 15) is 4.79 Å². The average molecular weight is 279 g/mol. The van der Waals surface area contributed by atoms with E-state index in [4.69, 9.17) is 14.2 Å². The zero-order valence-electron chi connectivity index (χ0n) is 12.2. The number of carbonyl (C=O) groups excluding carboxylic acids is 1. The van der Waals surface area contributed by atoms with E-state index in [0.29, 0.717) is 36.8 Å². The van der Waals surface area contributed by atoms with E-state index in [0.717, 1.165) is 6.42 Å². The van der Waals surface area contributed by atoms with Gasteiger partial charge in [-0.05, 0) is 18.6 Å². The molecule has 2 rings (SSSR count). The molecule has 20 heavy (non-hydrogen) atoms. The molecule has 1 saturated heterocycles. The van der Waals surface area contributed by atoms with Crippen LogP contribution in [0.1, 0.15) is 23.7 Å². The maximum Gasteiger partial charge on any atom is 0.254 e. The van der Waals surface area contributed by atoms with Gasteiger partial charge in [0.15, 0.2) is 0 Å². The van der Waals surface area contributed by atoms with E-state index in [1.54, 1.807) is 32.4 Å². The van der Waals surface area contributed by atoms with Crippen LogP contribution in [0.15, 0.2) is 18.2 Å². The van der Waals surface area contributed by atoms with Gasteiger partial charge in [0, 0.05) is 24.7 Å². The van der Waals surface area contributed by atoms with E-state index in [1.807, 2.05) is 4.90 Å². The topological polar surface area (TPSA) is 48.0 Å². The lowest BCUT2D eigenvalue weighted by molar-refractivity contribution is -0.0226. The third-order valence-electron chi connectivity index (χ3n) is 3.48. The monoisotopic (exact) mass is 279 g/mol. The molecule has 1 fully saturated rings. The number of amides is 1. The molecule has 0 aliphatic carbocycles. The lowest BCUT2D eigenvalue weighted by Gasteiger charge is -2.32. The molecule has 0 aromatic heterocycles. The molecule has 110 valence electrons. The van der Waals surface area contributed by atoms with Gasteiger partial charge in [-0.15, -0.1) is 0 Å². The van der Waals surface area contributed by atoms with Crippen LogP contribution in [0.2, 0.25) is 0 Å². The molecule has 0 bridgehead atoms. The Bertz CT molecular complexity index is 453. The zero-order chi connectivity index (χ0) is 14.5. The Hall–Kier alpha value is -1.75. The first-order valence-corrected chi connectivity index (χ1v) is 6.81. The normalized spacial score (nSPS) is 18.8. The lowest BCUT2D eigenvalue weighted by Crippen LogP contribution is -2.45. The van der Waals surface area contributed by atoms with E-state index in [-0.39, 0.29) is 12.0 Å². The molecule has 1 unspecified atom stereocenters. The largest absolute Gasteiger partial charge is 0.497 e. The third-order valence-corrected chi connectivity index (χ3v) is 3.48. The zero-order valence-corrected chi connectivity index (χ0v) is 12.2. The molecular weight excluding hydrogens is 258 g/mol. The fourth-order valence-corrected chi connectivity index (χ4v) is 2.26. The predicted octanol–water partition coefficient (Wildman–Crippen LogP) is 1.95. The van der Waals surface area contributed by atoms with Crippen LogP contribution < -0.4 is 9.47 Å². The molecular formula is C15H21NO4. The molecule has 1 aromatic carbocycles. The summed E-state index contributed by atoms with van der Waals surface area (Å²) in [7, 11) is 3.15. The maximum atomic E-state index is 12.6. The highest BCUT2D eigenvalue weighted by atomic mass is 16.5. The van der Waals surface area contributed by atoms with E-state index in [2.05, 4.69) is 6.92 Å². The van der Waals surface area contributed by atoms with Crippen LogP contribution in [0.25, 0.3) is 0 Å². The van der Waals surface area contributed by atoms with Crippen molar-refractivity contribution in [1.82, 2.24) is 4.90 Å². The number of carbonyl (C=O) groups is 1. The number of hydrogen-bond donors (Lipinski definition) is 0. The van der Waals surface area contributed by atoms with Crippen LogP contribution in [-0.4, -0.2) is 50.8 Å². The summed E-state index contributed by atoms with van der Waals surface area (Å²) in [5, 5.41) is 0. The second-order valence-corrected chi connectivity index (χ2v) is 4.75. The highest BCUT2D eigenvalue weighted by Crippen LogP contribution is 2.24. The SMILES string of the molecule is CCC1CN(C(=O)c2cc(OC)cc(OC)c2)CCO1. The van der Waals surface area contributed by atoms with Crippen molar-refractivity contribution in [1.29, 1.82) is 0 Å². The standard InChI is InChI=1S/C15H21NO4/c1-4-12-10-16(5-6-20-12)15(17)11-7-13(18-2)9-14(8-11)19-3/h7-9,12H,4-6,10H2,1-3H3. The number of ether oxygens (including phenoxy) is 3. The highest BCUT2D eigenvalue weighted by molar-refractivity contribution is 5.95. The molecule has 1 aliphatic heterocycles. The minimum Gasteiger partial charge on any atom is -0.497 e. The van der Waals surface area contributed by atoms with Crippen molar-refractivity contribution in [2.24, 2.45) is 0 Å². The van der Waals surface area contributed by atoms with Gasteiger partial charge in [0.25, 0.3) is 5.91 Å². The fraction of sp³-hybridized carbons (Fsp3) is 0.533. The molecule has 1 heterocycles. The van der Waals surface area contributed by atoms with Gasteiger partial charge in [0.05, 0.1) is 26.9 Å². The molecule has 1 aromatic rings. The van der Waals surface area contributed by atoms with Crippen LogP contribution >= 0.6 is 0 Å². The van der Waals surface area contributed by atoms with Crippen LogP contribution in [-0.2, 0) is 4.74 Å². The second-order valence-electron chi connectivity index (χ2n) is 4.75. The van der Waals surface area contributed by atoms with Gasteiger partial charge in [-0.1, -0.05) is 6.92 Å². The maximum absolute atomic E-state index is 12.6. The summed E-state index contributed by atoms with van der Waals surface area (Å²) in [4.78, 5) is 14.4. The fourth-order valence-electron chi connectivity index (χ4n) is 2.26. The molecule has 0 N–H and O–H groups in total. The van der Waals surface area contributed by atoms with Crippen molar-refractivity contribution < 1.29 is 19.0 Å². The van der Waals surface area contributed by atoms with Gasteiger partial charge >= 0.3 is 0 Å². The van der Waals surface area contributed by atoms with Crippen LogP contribution in [0.4, 0.5) is 0 Å². The number of rotatable bonds is 4. The minimum atomic E-state index is -0.0102. The van der Waals surface area contributed by atoms with Gasteiger partial charge in [0.2, 0.25) is 0 Å². The minimum absolute atomic E-state index is 0.0102. The lowest BCUT2D eigenvalue weighted by atomic mass is 10.1. The Labute approximate surface area is 119 Å². The van der Waals surface area contributed by atoms with Crippen molar-refractivity contribution >= 4 is 5.91 Å². The quantitative estimate of drug-likeness (QED) is 0.845. The van der Waals surface area contributed by atoms with Gasteiger partial charge in [0.1, 0.15) is 11.5 Å². The Balaban J connectivity index is 2.19. The number of nitrogens with zero attached hydrogens (tertiary/aromatic N) is 1. The van der Waals surface area contributed by atoms with Crippen molar-refractivity contribution in [3.8, 4) is 11.5 Å². The van der Waals surface area contributed by atoms with Crippen LogP contribution in [0.5, 0.6) is 11.5 Å². The molecule has 0 spiro atoms. The molecule has 5 heteroatoms. The molecule has 0 saturated carbocycles. The van der Waals surface area contributed by atoms with E-state index < -0.39 is 0 Å². The van der Waals surface area contributed by atoms with E-state index >= 15 is 0 Å². The summed E-state index contributed by atoms with van der Waals surface area (Å²) in [6.07, 6.45) is 1.03. The smallest absolute Gasteiger partial charge is 0.254 e. The Morgan fingerprint density at radius 2 is 1.95 bits per heavy atom. The molecule has 5 nitrogen and oxygen atoms in total. The Kier molecular flexibility index (Phi) is 4.84. The van der Waals surface area contributed by atoms with Crippen LogP contribution in [0, 0.1) is 0 Å². The average Bonchev–Trinajstić information content (AvgIpc) is 2.53. The van der Waals surface area contributed by atoms with E-state index in [1.165, 1.54) is 0 Å². The first kappa shape index (κ1) is 14.7. The molecule has 1 aliphatic rings. The number of benzene rings is 1. The molecule has 1 atom stereocenters. The predicted molar refractivity (Wildman–Crippen MR) is 75.5 cm³/mol. The summed E-state index contributed by atoms with van der Waals surface area (Å²) >= 11 is 0. The summed E-state index contributed by atoms with van der Waals surface area (Å²) in [5.74, 6) is 1.23. The molecule has 0 radical (unpaired) electrons. The summed E-state index contributed by atoms with van der Waals surface area (Å²) < 4.78 is 16.0. The number of morpholine rings is 1. The second kappa shape index (κ2) is 6.61. The van der Waals surface area contributed by atoms with Crippen molar-refractivity contribution in [3.05, 3.63) is 23.8 Å².